The van der Waals surface area contributed by atoms with Crippen molar-refractivity contribution in [2.24, 2.45) is 0 Å². The van der Waals surface area contributed by atoms with Crippen molar-refractivity contribution in [1.82, 2.24) is 9.55 Å². The highest BCUT2D eigenvalue weighted by molar-refractivity contribution is 6.36. The summed E-state index contributed by atoms with van der Waals surface area (Å²) < 4.78 is 6.81. The van der Waals surface area contributed by atoms with Crippen molar-refractivity contribution < 1.29 is 14.6 Å². The van der Waals surface area contributed by atoms with Crippen molar-refractivity contribution in [2.45, 2.75) is 32.9 Å². The van der Waals surface area contributed by atoms with Gasteiger partial charge < -0.3 is 14.4 Å². The van der Waals surface area contributed by atoms with Crippen molar-refractivity contribution in [1.29, 1.82) is 0 Å². The fourth-order valence-corrected chi connectivity index (χ4v) is 2.16. The summed E-state index contributed by atoms with van der Waals surface area (Å²) in [6.45, 7) is 2.43. The molecule has 2 aromatic rings. The van der Waals surface area contributed by atoms with Crippen LogP contribution in [0, 0.1) is 0 Å². The van der Waals surface area contributed by atoms with Crippen LogP contribution in [0.15, 0.2) is 18.5 Å². The highest BCUT2D eigenvalue weighted by Gasteiger charge is 2.12. The Hall–Kier alpha value is -1.59. The predicted octanol–water partition coefficient (Wildman–Crippen LogP) is 2.53. The van der Waals surface area contributed by atoms with Crippen LogP contribution in [0.2, 0.25) is 5.02 Å². The molecule has 20 heavy (non-hydrogen) atoms. The van der Waals surface area contributed by atoms with Gasteiger partial charge in [0, 0.05) is 23.3 Å². The molecular formula is C14H17ClN2O3. The van der Waals surface area contributed by atoms with Gasteiger partial charge in [-0.05, 0) is 12.5 Å². The molecule has 5 nitrogen and oxygen atoms in total. The summed E-state index contributed by atoms with van der Waals surface area (Å²) in [4.78, 5) is 15.9. The number of hydrogen-bond donors (Lipinski definition) is 1. The summed E-state index contributed by atoms with van der Waals surface area (Å²) in [6, 6.07) is 1.78. The Morgan fingerprint density at radius 3 is 3.05 bits per heavy atom. The van der Waals surface area contributed by atoms with Crippen molar-refractivity contribution in [2.75, 3.05) is 6.61 Å². The fourth-order valence-electron chi connectivity index (χ4n) is 1.90. The maximum absolute atomic E-state index is 11.7. The third-order valence-corrected chi connectivity index (χ3v) is 3.47. The number of halogens is 1. The number of rotatable bonds is 6. The van der Waals surface area contributed by atoms with Gasteiger partial charge in [-0.25, -0.2) is 4.98 Å². The van der Waals surface area contributed by atoms with E-state index < -0.39 is 0 Å². The normalized spacial score (nSPS) is 10.9. The van der Waals surface area contributed by atoms with E-state index in [1.807, 2.05) is 6.92 Å². The van der Waals surface area contributed by atoms with Gasteiger partial charge in [-0.15, -0.1) is 0 Å². The number of hydrogen-bond acceptors (Lipinski definition) is 4. The molecule has 0 atom stereocenters. The van der Waals surface area contributed by atoms with Gasteiger partial charge in [-0.2, -0.15) is 0 Å². The van der Waals surface area contributed by atoms with E-state index in [0.29, 0.717) is 22.8 Å². The zero-order valence-electron chi connectivity index (χ0n) is 11.3. The van der Waals surface area contributed by atoms with Gasteiger partial charge in [0.15, 0.2) is 0 Å². The Morgan fingerprint density at radius 2 is 2.35 bits per heavy atom. The fraction of sp³-hybridized carbons (Fsp3) is 0.429. The minimum Gasteiger partial charge on any atom is -0.464 e. The molecule has 1 N–H and O–H groups in total. The summed E-state index contributed by atoms with van der Waals surface area (Å²) in [7, 11) is 0. The molecule has 2 rings (SSSR count). The molecular weight excluding hydrogens is 280 g/mol. The summed E-state index contributed by atoms with van der Waals surface area (Å²) in [6.07, 6.45) is 5.11. The van der Waals surface area contributed by atoms with E-state index in [4.69, 9.17) is 21.4 Å². The van der Waals surface area contributed by atoms with Gasteiger partial charge in [-0.1, -0.05) is 24.9 Å². The second-order valence-electron chi connectivity index (χ2n) is 4.51. The minimum absolute atomic E-state index is 0.106. The molecule has 0 aliphatic rings. The molecule has 0 radical (unpaired) electrons. The van der Waals surface area contributed by atoms with E-state index >= 15 is 0 Å². The van der Waals surface area contributed by atoms with E-state index in [1.54, 1.807) is 16.8 Å². The average molecular weight is 297 g/mol. The SMILES string of the molecule is CCCCOC(=O)Cn1ccc2c(Cl)c(CO)cnc21. The summed E-state index contributed by atoms with van der Waals surface area (Å²) in [5.74, 6) is -0.292. The molecule has 6 heteroatoms. The third kappa shape index (κ3) is 3.11. The second-order valence-corrected chi connectivity index (χ2v) is 4.89. The van der Waals surface area contributed by atoms with Crippen molar-refractivity contribution >= 4 is 28.6 Å². The number of carbonyl (C=O) groups excluding carboxylic acids is 1. The highest BCUT2D eigenvalue weighted by Crippen LogP contribution is 2.26. The van der Waals surface area contributed by atoms with Gasteiger partial charge >= 0.3 is 5.97 Å². The molecule has 0 unspecified atom stereocenters. The Kier molecular flexibility index (Phi) is 4.98. The molecule has 2 heterocycles. The smallest absolute Gasteiger partial charge is 0.326 e. The molecule has 108 valence electrons. The average Bonchev–Trinajstić information content (AvgIpc) is 2.83. The van der Waals surface area contributed by atoms with Crippen molar-refractivity contribution in [3.63, 3.8) is 0 Å². The first-order valence-electron chi connectivity index (χ1n) is 6.56. The largest absolute Gasteiger partial charge is 0.464 e. The first-order chi connectivity index (χ1) is 9.67. The van der Waals surface area contributed by atoms with Crippen LogP contribution in [-0.4, -0.2) is 27.2 Å². The molecule has 0 amide bonds. The minimum atomic E-state index is -0.292. The van der Waals surface area contributed by atoms with Crippen LogP contribution >= 0.6 is 11.6 Å². The number of carbonyl (C=O) groups is 1. The summed E-state index contributed by atoms with van der Waals surface area (Å²) in [5.41, 5.74) is 1.18. The Labute approximate surface area is 122 Å². The monoisotopic (exact) mass is 296 g/mol. The van der Waals surface area contributed by atoms with E-state index in [-0.39, 0.29) is 19.1 Å². The predicted molar refractivity (Wildman–Crippen MR) is 76.5 cm³/mol. The first kappa shape index (κ1) is 14.8. The lowest BCUT2D eigenvalue weighted by molar-refractivity contribution is -0.144. The van der Waals surface area contributed by atoms with Gasteiger partial charge in [0.05, 0.1) is 18.2 Å². The van der Waals surface area contributed by atoms with E-state index in [9.17, 15) is 4.79 Å². The highest BCUT2D eigenvalue weighted by atomic mass is 35.5. The number of esters is 1. The molecule has 0 saturated heterocycles. The van der Waals surface area contributed by atoms with Gasteiger partial charge in [0.1, 0.15) is 12.2 Å². The zero-order chi connectivity index (χ0) is 14.5. The molecule has 0 aliphatic heterocycles. The van der Waals surface area contributed by atoms with Crippen LogP contribution < -0.4 is 0 Å². The lowest BCUT2D eigenvalue weighted by Gasteiger charge is -2.07. The Morgan fingerprint density at radius 1 is 1.55 bits per heavy atom. The number of ether oxygens (including phenoxy) is 1. The Balaban J connectivity index is 2.15. The molecule has 0 spiro atoms. The molecule has 0 saturated carbocycles. The lowest BCUT2D eigenvalue weighted by Crippen LogP contribution is -2.13. The third-order valence-electron chi connectivity index (χ3n) is 3.03. The summed E-state index contributed by atoms with van der Waals surface area (Å²) >= 11 is 6.16. The molecule has 0 fully saturated rings. The number of aromatic nitrogens is 2. The number of nitrogens with zero attached hydrogens (tertiary/aromatic N) is 2. The zero-order valence-corrected chi connectivity index (χ0v) is 12.1. The van der Waals surface area contributed by atoms with Crippen LogP contribution in [-0.2, 0) is 22.7 Å². The van der Waals surface area contributed by atoms with Crippen LogP contribution in [0.4, 0.5) is 0 Å². The van der Waals surface area contributed by atoms with Crippen LogP contribution in [0.1, 0.15) is 25.3 Å². The molecule has 0 aromatic carbocycles. The standard InChI is InChI=1S/C14H17ClN2O3/c1-2-3-6-20-12(19)8-17-5-4-11-13(15)10(9-18)7-16-14(11)17/h4-5,7,18H,2-3,6,8-9H2,1H3. The number of aliphatic hydroxyl groups excluding tert-OH is 1. The number of unbranched alkanes of at least 4 members (excludes halogenated alkanes) is 1. The van der Waals surface area contributed by atoms with Crippen LogP contribution in [0.25, 0.3) is 11.0 Å². The Bertz CT molecular complexity index is 610. The van der Waals surface area contributed by atoms with E-state index in [1.165, 1.54) is 6.20 Å². The maximum atomic E-state index is 11.7. The van der Waals surface area contributed by atoms with Gasteiger partial charge in [-0.3, -0.25) is 4.79 Å². The van der Waals surface area contributed by atoms with Crippen LogP contribution in [0.3, 0.4) is 0 Å². The lowest BCUT2D eigenvalue weighted by atomic mass is 10.2. The van der Waals surface area contributed by atoms with E-state index in [0.717, 1.165) is 18.2 Å². The van der Waals surface area contributed by atoms with Crippen LogP contribution in [0.5, 0.6) is 0 Å². The quantitative estimate of drug-likeness (QED) is 0.657. The number of pyridine rings is 1. The van der Waals surface area contributed by atoms with Gasteiger partial charge in [0.2, 0.25) is 0 Å². The number of aliphatic hydroxyl groups is 1. The molecule has 0 bridgehead atoms. The van der Waals surface area contributed by atoms with E-state index in [2.05, 4.69) is 4.98 Å². The number of fused-ring (bicyclic) bond motifs is 1. The molecule has 2 aromatic heterocycles. The maximum Gasteiger partial charge on any atom is 0.326 e. The second kappa shape index (κ2) is 6.72. The van der Waals surface area contributed by atoms with Gasteiger partial charge in [0.25, 0.3) is 0 Å². The molecule has 0 aliphatic carbocycles. The van der Waals surface area contributed by atoms with Crippen molar-refractivity contribution in [3.05, 3.63) is 29.0 Å². The summed E-state index contributed by atoms with van der Waals surface area (Å²) in [5, 5.41) is 10.3. The first-order valence-corrected chi connectivity index (χ1v) is 6.93. The topological polar surface area (TPSA) is 64.3 Å². The van der Waals surface area contributed by atoms with Crippen molar-refractivity contribution in [3.8, 4) is 0 Å².